The summed E-state index contributed by atoms with van der Waals surface area (Å²) in [7, 11) is 1.72. The molecule has 2 aromatic heterocycles. The van der Waals surface area contributed by atoms with Gasteiger partial charge in [0.15, 0.2) is 5.82 Å². The summed E-state index contributed by atoms with van der Waals surface area (Å²) in [6, 6.07) is 12.9. The van der Waals surface area contributed by atoms with Crippen molar-refractivity contribution in [2.24, 2.45) is 17.3 Å². The van der Waals surface area contributed by atoms with Crippen molar-refractivity contribution in [1.29, 1.82) is 0 Å². The number of carbonyl (C=O) groups is 1. The van der Waals surface area contributed by atoms with Crippen molar-refractivity contribution < 1.29 is 4.79 Å². The standard InChI is InChI=1S/C18H18N6O/c1-12-6-4-5-7-14(12)22-23-17-9-8-15(13(2)20-17)21-18(25)16-10-11-19-24(16)3/h4-11H,1-3H3,(H,21,25)/b23-22+. The summed E-state index contributed by atoms with van der Waals surface area (Å²) in [5, 5.41) is 15.2. The van der Waals surface area contributed by atoms with Gasteiger partial charge in [-0.25, -0.2) is 4.98 Å². The van der Waals surface area contributed by atoms with E-state index in [2.05, 4.69) is 25.6 Å². The summed E-state index contributed by atoms with van der Waals surface area (Å²) >= 11 is 0. The molecular formula is C18H18N6O. The smallest absolute Gasteiger partial charge is 0.273 e. The van der Waals surface area contributed by atoms with Crippen LogP contribution in [0.2, 0.25) is 0 Å². The highest BCUT2D eigenvalue weighted by molar-refractivity contribution is 6.03. The van der Waals surface area contributed by atoms with Crippen LogP contribution in [0, 0.1) is 13.8 Å². The molecule has 2 heterocycles. The lowest BCUT2D eigenvalue weighted by Crippen LogP contribution is -2.16. The number of aryl methyl sites for hydroxylation is 3. The molecule has 7 nitrogen and oxygen atoms in total. The molecule has 0 saturated heterocycles. The van der Waals surface area contributed by atoms with Gasteiger partial charge in [0.1, 0.15) is 5.69 Å². The van der Waals surface area contributed by atoms with Crippen LogP contribution in [0.4, 0.5) is 17.2 Å². The van der Waals surface area contributed by atoms with Gasteiger partial charge >= 0.3 is 0 Å². The Hall–Kier alpha value is -3.35. The third kappa shape index (κ3) is 3.77. The van der Waals surface area contributed by atoms with Gasteiger partial charge in [0.25, 0.3) is 5.91 Å². The lowest BCUT2D eigenvalue weighted by Gasteiger charge is -2.08. The number of azo groups is 1. The highest BCUT2D eigenvalue weighted by atomic mass is 16.2. The third-order valence-electron chi connectivity index (χ3n) is 3.75. The minimum absolute atomic E-state index is 0.237. The van der Waals surface area contributed by atoms with E-state index >= 15 is 0 Å². The zero-order valence-electron chi connectivity index (χ0n) is 14.3. The molecule has 1 amide bonds. The first kappa shape index (κ1) is 16.5. The Labute approximate surface area is 145 Å². The molecule has 0 aliphatic heterocycles. The van der Waals surface area contributed by atoms with Crippen molar-refractivity contribution in [3.8, 4) is 0 Å². The van der Waals surface area contributed by atoms with E-state index in [1.165, 1.54) is 4.68 Å². The zero-order chi connectivity index (χ0) is 17.8. The second kappa shape index (κ2) is 7.04. The number of carbonyl (C=O) groups excluding carboxylic acids is 1. The summed E-state index contributed by atoms with van der Waals surface area (Å²) < 4.78 is 1.52. The van der Waals surface area contributed by atoms with Crippen LogP contribution in [-0.4, -0.2) is 20.7 Å². The van der Waals surface area contributed by atoms with Gasteiger partial charge in [-0.15, -0.1) is 10.2 Å². The van der Waals surface area contributed by atoms with Crippen LogP contribution in [0.3, 0.4) is 0 Å². The lowest BCUT2D eigenvalue weighted by molar-refractivity contribution is 0.101. The number of benzene rings is 1. The summed E-state index contributed by atoms with van der Waals surface area (Å²) in [5.41, 5.74) is 3.61. The van der Waals surface area contributed by atoms with Crippen LogP contribution in [0.15, 0.2) is 58.9 Å². The predicted molar refractivity (Wildman–Crippen MR) is 95.5 cm³/mol. The molecule has 1 N–H and O–H groups in total. The first-order valence-electron chi connectivity index (χ1n) is 7.79. The van der Waals surface area contributed by atoms with Crippen LogP contribution in [0.5, 0.6) is 0 Å². The van der Waals surface area contributed by atoms with Crippen molar-refractivity contribution in [2.75, 3.05) is 5.32 Å². The van der Waals surface area contributed by atoms with E-state index in [1.807, 2.05) is 38.1 Å². The zero-order valence-corrected chi connectivity index (χ0v) is 14.3. The Balaban J connectivity index is 1.76. The van der Waals surface area contributed by atoms with Crippen LogP contribution < -0.4 is 5.32 Å². The van der Waals surface area contributed by atoms with E-state index in [1.54, 1.807) is 31.4 Å². The number of pyridine rings is 1. The molecule has 1 aromatic carbocycles. The molecular weight excluding hydrogens is 316 g/mol. The van der Waals surface area contributed by atoms with Gasteiger partial charge in [-0.1, -0.05) is 18.2 Å². The maximum atomic E-state index is 12.2. The maximum absolute atomic E-state index is 12.2. The summed E-state index contributed by atoms with van der Waals surface area (Å²) in [6.45, 7) is 3.79. The summed E-state index contributed by atoms with van der Waals surface area (Å²) in [6.07, 6.45) is 1.58. The topological polar surface area (TPSA) is 84.5 Å². The minimum Gasteiger partial charge on any atom is -0.319 e. The Kier molecular flexibility index (Phi) is 4.65. The van der Waals surface area contributed by atoms with Gasteiger partial charge in [0.2, 0.25) is 0 Å². The third-order valence-corrected chi connectivity index (χ3v) is 3.75. The summed E-state index contributed by atoms with van der Waals surface area (Å²) in [5.74, 6) is 0.249. The Morgan fingerprint density at radius 3 is 2.56 bits per heavy atom. The SMILES string of the molecule is Cc1ccccc1/N=N/c1ccc(NC(=O)c2ccnn2C)c(C)n1. The molecule has 0 atom stereocenters. The van der Waals surface area contributed by atoms with E-state index in [0.717, 1.165) is 11.3 Å². The molecule has 0 bridgehead atoms. The molecule has 0 spiro atoms. The fourth-order valence-corrected chi connectivity index (χ4v) is 2.30. The Morgan fingerprint density at radius 2 is 1.88 bits per heavy atom. The number of hydrogen-bond acceptors (Lipinski definition) is 5. The number of nitrogens with zero attached hydrogens (tertiary/aromatic N) is 5. The molecule has 25 heavy (non-hydrogen) atoms. The fourth-order valence-electron chi connectivity index (χ4n) is 2.30. The van der Waals surface area contributed by atoms with Gasteiger partial charge < -0.3 is 5.32 Å². The van der Waals surface area contributed by atoms with Crippen molar-refractivity contribution in [1.82, 2.24) is 14.8 Å². The van der Waals surface area contributed by atoms with Crippen LogP contribution in [0.25, 0.3) is 0 Å². The molecule has 0 aliphatic carbocycles. The van der Waals surface area contributed by atoms with E-state index in [0.29, 0.717) is 22.9 Å². The van der Waals surface area contributed by atoms with Crippen LogP contribution >= 0.6 is 0 Å². The molecule has 0 aliphatic rings. The molecule has 7 heteroatoms. The highest BCUT2D eigenvalue weighted by Gasteiger charge is 2.12. The van der Waals surface area contributed by atoms with Crippen molar-refractivity contribution in [3.63, 3.8) is 0 Å². The average molecular weight is 334 g/mol. The first-order valence-corrected chi connectivity index (χ1v) is 7.79. The van der Waals surface area contributed by atoms with Crippen LogP contribution in [-0.2, 0) is 7.05 Å². The van der Waals surface area contributed by atoms with Crippen molar-refractivity contribution in [2.45, 2.75) is 13.8 Å². The van der Waals surface area contributed by atoms with Gasteiger partial charge in [0.05, 0.1) is 17.1 Å². The molecule has 0 unspecified atom stereocenters. The Morgan fingerprint density at radius 1 is 1.08 bits per heavy atom. The van der Waals surface area contributed by atoms with Gasteiger partial charge in [-0.3, -0.25) is 9.48 Å². The van der Waals surface area contributed by atoms with Gasteiger partial charge in [-0.2, -0.15) is 5.10 Å². The van der Waals surface area contributed by atoms with Gasteiger partial charge in [0, 0.05) is 13.2 Å². The number of anilines is 1. The molecule has 126 valence electrons. The van der Waals surface area contributed by atoms with Crippen LogP contribution in [0.1, 0.15) is 21.7 Å². The number of nitrogens with one attached hydrogen (secondary N) is 1. The quantitative estimate of drug-likeness (QED) is 0.729. The average Bonchev–Trinajstić information content (AvgIpc) is 3.02. The predicted octanol–water partition coefficient (Wildman–Crippen LogP) is 4.10. The highest BCUT2D eigenvalue weighted by Crippen LogP contribution is 2.22. The van der Waals surface area contributed by atoms with E-state index in [-0.39, 0.29) is 5.91 Å². The minimum atomic E-state index is -0.237. The lowest BCUT2D eigenvalue weighted by atomic mass is 10.2. The van der Waals surface area contributed by atoms with E-state index in [4.69, 9.17) is 0 Å². The first-order chi connectivity index (χ1) is 12.0. The second-order valence-electron chi connectivity index (χ2n) is 5.58. The molecule has 0 fully saturated rings. The number of hydrogen-bond donors (Lipinski definition) is 1. The number of amides is 1. The number of rotatable bonds is 4. The van der Waals surface area contributed by atoms with Gasteiger partial charge in [-0.05, 0) is 43.7 Å². The summed E-state index contributed by atoms with van der Waals surface area (Å²) in [4.78, 5) is 16.6. The van der Waals surface area contributed by atoms with Crippen molar-refractivity contribution >= 4 is 23.1 Å². The van der Waals surface area contributed by atoms with Crippen molar-refractivity contribution in [3.05, 3.63) is 65.6 Å². The second-order valence-corrected chi connectivity index (χ2v) is 5.58. The van der Waals surface area contributed by atoms with E-state index < -0.39 is 0 Å². The largest absolute Gasteiger partial charge is 0.319 e. The monoisotopic (exact) mass is 334 g/mol. The fraction of sp³-hybridized carbons (Fsp3) is 0.167. The number of aromatic nitrogens is 3. The molecule has 0 radical (unpaired) electrons. The molecule has 0 saturated carbocycles. The normalized spacial score (nSPS) is 11.0. The van der Waals surface area contributed by atoms with E-state index in [9.17, 15) is 4.79 Å². The molecule has 3 rings (SSSR count). The maximum Gasteiger partial charge on any atom is 0.273 e. The Bertz CT molecular complexity index is 944. The molecule has 3 aromatic rings.